The Kier molecular flexibility index (Phi) is 4.65. The van der Waals surface area contributed by atoms with Gasteiger partial charge in [-0.2, -0.15) is 0 Å². The molecule has 1 saturated carbocycles. The summed E-state index contributed by atoms with van der Waals surface area (Å²) in [7, 11) is 0. The summed E-state index contributed by atoms with van der Waals surface area (Å²) in [5, 5.41) is 10.7. The fourth-order valence-electron chi connectivity index (χ4n) is 6.87. The third-order valence-electron chi connectivity index (χ3n) is 8.88. The van der Waals surface area contributed by atoms with E-state index < -0.39 is 11.9 Å². The minimum absolute atomic E-state index is 0.0484. The summed E-state index contributed by atoms with van der Waals surface area (Å²) < 4.78 is 1.54. The number of nitrogens with one attached hydrogen (secondary N) is 1. The molecular weight excluding hydrogens is 460 g/mol. The first-order chi connectivity index (χ1) is 17.4. The Morgan fingerprint density at radius 1 is 1.06 bits per heavy atom. The lowest BCUT2D eigenvalue weighted by Crippen LogP contribution is -2.55. The van der Waals surface area contributed by atoms with Crippen LogP contribution in [0, 0.1) is 5.41 Å². The summed E-state index contributed by atoms with van der Waals surface area (Å²) >= 11 is 0. The van der Waals surface area contributed by atoms with E-state index in [9.17, 15) is 19.2 Å². The molecule has 3 saturated heterocycles. The highest BCUT2D eigenvalue weighted by Gasteiger charge is 2.54. The molecule has 10 nitrogen and oxygen atoms in total. The largest absolute Gasteiger partial charge is 0.331 e. The fourth-order valence-corrected chi connectivity index (χ4v) is 6.87. The van der Waals surface area contributed by atoms with E-state index >= 15 is 0 Å². The molecule has 7 rings (SSSR count). The average Bonchev–Trinajstić information content (AvgIpc) is 3.27. The lowest BCUT2D eigenvalue weighted by Gasteiger charge is -2.49. The van der Waals surface area contributed by atoms with Crippen molar-refractivity contribution in [3.63, 3.8) is 0 Å². The van der Waals surface area contributed by atoms with Crippen molar-refractivity contribution in [2.75, 3.05) is 0 Å². The van der Waals surface area contributed by atoms with Gasteiger partial charge in [0.25, 0.3) is 11.8 Å². The van der Waals surface area contributed by atoms with Gasteiger partial charge in [0, 0.05) is 30.6 Å². The van der Waals surface area contributed by atoms with Crippen molar-refractivity contribution >= 4 is 23.6 Å². The van der Waals surface area contributed by atoms with Gasteiger partial charge in [-0.15, -0.1) is 5.10 Å². The van der Waals surface area contributed by atoms with Crippen molar-refractivity contribution in [1.82, 2.24) is 30.1 Å². The predicted octanol–water partition coefficient (Wildman–Crippen LogP) is 1.97. The van der Waals surface area contributed by atoms with Crippen LogP contribution in [0.15, 0.2) is 24.4 Å². The normalized spacial score (nSPS) is 28.3. The van der Waals surface area contributed by atoms with Gasteiger partial charge in [-0.3, -0.25) is 24.5 Å². The lowest BCUT2D eigenvalue weighted by molar-refractivity contribution is -0.136. The first-order valence-corrected chi connectivity index (χ1v) is 12.9. The third-order valence-corrected chi connectivity index (χ3v) is 8.88. The number of hydrogen-bond donors (Lipinski definition) is 1. The monoisotopic (exact) mass is 488 g/mol. The minimum atomic E-state index is -0.652. The van der Waals surface area contributed by atoms with E-state index in [0.717, 1.165) is 31.2 Å². The number of imide groups is 1. The van der Waals surface area contributed by atoms with Gasteiger partial charge in [-0.05, 0) is 74.5 Å². The van der Waals surface area contributed by atoms with Gasteiger partial charge in [0.1, 0.15) is 6.04 Å². The average molecular weight is 489 g/mol. The molecule has 2 aromatic rings. The van der Waals surface area contributed by atoms with Gasteiger partial charge >= 0.3 is 0 Å². The molecule has 3 atom stereocenters. The summed E-state index contributed by atoms with van der Waals surface area (Å²) in [4.78, 5) is 54.0. The molecule has 5 aliphatic rings. The maximum atomic E-state index is 13.5. The zero-order valence-electron chi connectivity index (χ0n) is 20.0. The van der Waals surface area contributed by atoms with Crippen LogP contribution in [0.2, 0.25) is 0 Å². The summed E-state index contributed by atoms with van der Waals surface area (Å²) in [5.41, 5.74) is 2.77. The molecule has 5 heterocycles. The smallest absolute Gasteiger partial charge is 0.276 e. The summed E-state index contributed by atoms with van der Waals surface area (Å²) in [5.74, 6) is -1.03. The van der Waals surface area contributed by atoms with Crippen LogP contribution < -0.4 is 5.32 Å². The number of amides is 4. The lowest BCUT2D eigenvalue weighted by atomic mass is 9.76. The number of hydrogen-bond acceptors (Lipinski definition) is 6. The summed E-state index contributed by atoms with van der Waals surface area (Å²) in [6.45, 7) is 0.320. The Balaban J connectivity index is 1.11. The molecule has 1 aromatic heterocycles. The van der Waals surface area contributed by atoms with Crippen molar-refractivity contribution < 1.29 is 19.2 Å². The van der Waals surface area contributed by atoms with E-state index in [1.165, 1.54) is 28.8 Å². The van der Waals surface area contributed by atoms with Gasteiger partial charge < -0.3 is 9.80 Å². The Morgan fingerprint density at radius 3 is 2.56 bits per heavy atom. The fraction of sp³-hybridized carbons (Fsp3) is 0.538. The van der Waals surface area contributed by atoms with Crippen molar-refractivity contribution in [3.8, 4) is 5.69 Å². The molecular formula is C26H28N6O4. The number of fused-ring (bicyclic) bond motifs is 3. The topological polar surface area (TPSA) is 118 Å². The molecule has 4 aliphatic heterocycles. The van der Waals surface area contributed by atoms with Gasteiger partial charge in [0.15, 0.2) is 5.69 Å². The first-order valence-electron chi connectivity index (χ1n) is 12.9. The van der Waals surface area contributed by atoms with Crippen LogP contribution in [0.1, 0.15) is 84.2 Å². The van der Waals surface area contributed by atoms with Gasteiger partial charge in [-0.1, -0.05) is 11.3 Å². The predicted molar refractivity (Wildman–Crippen MR) is 126 cm³/mol. The maximum Gasteiger partial charge on any atom is 0.276 e. The van der Waals surface area contributed by atoms with Crippen molar-refractivity contribution in [1.29, 1.82) is 0 Å². The van der Waals surface area contributed by atoms with Crippen LogP contribution in [0.3, 0.4) is 0 Å². The standard InChI is InChI=1S/C26H28N6O4/c33-22-7-6-21(23(34)27-22)30-13-15-4-5-16(10-19(15)24(30)35)31-14-20(28-29-31)25(36)32-17-2-1-3-18(32)12-26(11-17)8-9-26/h4-5,10,14,17-18,21H,1-3,6-9,11-13H2,(H,27,33,34). The van der Waals surface area contributed by atoms with Crippen LogP contribution in [-0.2, 0) is 16.1 Å². The zero-order chi connectivity index (χ0) is 24.6. The number of benzene rings is 1. The zero-order valence-corrected chi connectivity index (χ0v) is 20.0. The molecule has 2 bridgehead atoms. The van der Waals surface area contributed by atoms with Crippen LogP contribution in [0.5, 0.6) is 0 Å². The van der Waals surface area contributed by atoms with E-state index in [0.29, 0.717) is 47.4 Å². The first kappa shape index (κ1) is 21.7. The van der Waals surface area contributed by atoms with Gasteiger partial charge in [0.2, 0.25) is 11.8 Å². The second-order valence-corrected chi connectivity index (χ2v) is 11.1. The molecule has 4 fully saturated rings. The molecule has 186 valence electrons. The maximum absolute atomic E-state index is 13.5. The number of aromatic nitrogens is 3. The Morgan fingerprint density at radius 2 is 1.83 bits per heavy atom. The third kappa shape index (κ3) is 3.37. The SMILES string of the molecule is O=C1CCC(N2Cc3ccc(-n4cc(C(=O)N5C6CCCC5CC5(CC5)C6)nn4)cc3C2=O)C(=O)N1. The second kappa shape index (κ2) is 7.72. The van der Waals surface area contributed by atoms with Gasteiger partial charge in [0.05, 0.1) is 11.9 Å². The van der Waals surface area contributed by atoms with E-state index in [2.05, 4.69) is 20.5 Å². The number of carbonyl (C=O) groups excluding carboxylic acids is 4. The van der Waals surface area contributed by atoms with Crippen molar-refractivity contribution in [2.45, 2.75) is 82.5 Å². The Hall–Kier alpha value is -3.56. The molecule has 36 heavy (non-hydrogen) atoms. The highest BCUT2D eigenvalue weighted by Crippen LogP contribution is 2.59. The molecule has 0 radical (unpaired) electrons. The molecule has 1 N–H and O–H groups in total. The summed E-state index contributed by atoms with van der Waals surface area (Å²) in [6.07, 6.45) is 10.3. The number of rotatable bonds is 3. The molecule has 1 aromatic carbocycles. The Labute approximate surface area is 208 Å². The molecule has 1 aliphatic carbocycles. The molecule has 10 heteroatoms. The minimum Gasteiger partial charge on any atom is -0.331 e. The number of carbonyl (C=O) groups is 4. The van der Waals surface area contributed by atoms with Crippen molar-refractivity contribution in [2.24, 2.45) is 5.41 Å². The van der Waals surface area contributed by atoms with E-state index in [4.69, 9.17) is 0 Å². The Bertz CT molecular complexity index is 1300. The van der Waals surface area contributed by atoms with Crippen molar-refractivity contribution in [3.05, 3.63) is 41.2 Å². The van der Waals surface area contributed by atoms with Gasteiger partial charge in [-0.25, -0.2) is 4.68 Å². The van der Waals surface area contributed by atoms with Crippen LogP contribution in [0.4, 0.5) is 0 Å². The highest BCUT2D eigenvalue weighted by molar-refractivity contribution is 6.05. The molecule has 3 unspecified atom stereocenters. The molecule has 4 amide bonds. The van der Waals surface area contributed by atoms with E-state index in [1.807, 2.05) is 12.1 Å². The second-order valence-electron chi connectivity index (χ2n) is 11.1. The highest BCUT2D eigenvalue weighted by atomic mass is 16.2. The van der Waals surface area contributed by atoms with Crippen LogP contribution in [0.25, 0.3) is 5.69 Å². The number of piperidine rings is 3. The van der Waals surface area contributed by atoms with Crippen LogP contribution in [-0.4, -0.2) is 66.5 Å². The van der Waals surface area contributed by atoms with Crippen LogP contribution >= 0.6 is 0 Å². The number of nitrogens with zero attached hydrogens (tertiary/aromatic N) is 5. The molecule has 1 spiro atoms. The summed E-state index contributed by atoms with van der Waals surface area (Å²) in [6, 6.07) is 5.37. The van der Waals surface area contributed by atoms with E-state index in [1.54, 1.807) is 12.3 Å². The quantitative estimate of drug-likeness (QED) is 0.660. The van der Waals surface area contributed by atoms with E-state index in [-0.39, 0.29) is 24.1 Å².